The lowest BCUT2D eigenvalue weighted by Crippen LogP contribution is -2.39. The molecule has 45 heavy (non-hydrogen) atoms. The molecule has 0 aliphatic carbocycles. The molecular weight excluding hydrogens is 607 g/mol. The third-order valence-corrected chi connectivity index (χ3v) is 9.10. The van der Waals surface area contributed by atoms with Crippen LogP contribution in [0.5, 0.6) is 11.5 Å². The van der Waals surface area contributed by atoms with Crippen molar-refractivity contribution in [1.29, 1.82) is 5.26 Å². The normalized spacial score (nSPS) is 14.3. The van der Waals surface area contributed by atoms with Gasteiger partial charge in [0.15, 0.2) is 16.3 Å². The number of nitrogens with zero attached hydrogens (tertiary/aromatic N) is 3. The molecule has 8 nitrogen and oxygen atoms in total. The van der Waals surface area contributed by atoms with E-state index in [0.717, 1.165) is 21.6 Å². The van der Waals surface area contributed by atoms with Crippen LogP contribution in [0, 0.1) is 11.3 Å². The van der Waals surface area contributed by atoms with Crippen molar-refractivity contribution in [3.8, 4) is 17.6 Å². The SMILES string of the molecule is CCOC(=O)C1=C(c2ccccc2)N=c2s/c(=C\c3ccc(OCc4ccccc4C#N)c(OC)c3)c(=O)n2C1c1cccs1. The first-order valence-electron chi connectivity index (χ1n) is 14.1. The fraction of sp³-hybridized carbons (Fsp3) is 0.143. The van der Waals surface area contributed by atoms with Crippen LogP contribution in [0.25, 0.3) is 11.8 Å². The zero-order valence-corrected chi connectivity index (χ0v) is 26.1. The molecule has 6 rings (SSSR count). The minimum absolute atomic E-state index is 0.193. The van der Waals surface area contributed by atoms with E-state index < -0.39 is 12.0 Å². The van der Waals surface area contributed by atoms with E-state index >= 15 is 0 Å². The van der Waals surface area contributed by atoms with Gasteiger partial charge in [-0.25, -0.2) is 9.79 Å². The van der Waals surface area contributed by atoms with Gasteiger partial charge in [0.25, 0.3) is 5.56 Å². The Balaban J connectivity index is 1.44. The molecule has 0 saturated heterocycles. The predicted molar refractivity (Wildman–Crippen MR) is 174 cm³/mol. The maximum Gasteiger partial charge on any atom is 0.338 e. The first-order valence-corrected chi connectivity index (χ1v) is 15.8. The minimum Gasteiger partial charge on any atom is -0.493 e. The van der Waals surface area contributed by atoms with E-state index in [4.69, 9.17) is 19.2 Å². The number of thiophene rings is 1. The van der Waals surface area contributed by atoms with E-state index in [-0.39, 0.29) is 18.8 Å². The monoisotopic (exact) mass is 633 g/mol. The molecule has 2 aromatic heterocycles. The van der Waals surface area contributed by atoms with Crippen molar-refractivity contribution in [1.82, 2.24) is 4.57 Å². The average Bonchev–Trinajstić information content (AvgIpc) is 3.72. The van der Waals surface area contributed by atoms with Gasteiger partial charge in [-0.1, -0.05) is 72.0 Å². The number of methoxy groups -OCH3 is 1. The molecule has 3 aromatic carbocycles. The van der Waals surface area contributed by atoms with Gasteiger partial charge >= 0.3 is 5.97 Å². The molecule has 10 heteroatoms. The van der Waals surface area contributed by atoms with Crippen LogP contribution in [-0.4, -0.2) is 24.3 Å². The molecule has 0 fully saturated rings. The van der Waals surface area contributed by atoms with Crippen LogP contribution >= 0.6 is 22.7 Å². The minimum atomic E-state index is -0.695. The third-order valence-electron chi connectivity index (χ3n) is 7.19. The molecule has 3 heterocycles. The van der Waals surface area contributed by atoms with Gasteiger partial charge < -0.3 is 14.2 Å². The first kappa shape index (κ1) is 29.8. The third kappa shape index (κ3) is 5.96. The van der Waals surface area contributed by atoms with Gasteiger partial charge in [0.2, 0.25) is 0 Å². The quantitative estimate of drug-likeness (QED) is 0.200. The van der Waals surface area contributed by atoms with Crippen LogP contribution in [0.15, 0.2) is 106 Å². The van der Waals surface area contributed by atoms with Gasteiger partial charge in [-0.15, -0.1) is 11.3 Å². The second-order valence-corrected chi connectivity index (χ2v) is 11.9. The summed E-state index contributed by atoms with van der Waals surface area (Å²) in [5, 5.41) is 11.3. The lowest BCUT2D eigenvalue weighted by atomic mass is 9.97. The summed E-state index contributed by atoms with van der Waals surface area (Å²) >= 11 is 2.72. The Hall–Kier alpha value is -5.24. The van der Waals surface area contributed by atoms with E-state index in [0.29, 0.717) is 37.7 Å². The maximum absolute atomic E-state index is 14.1. The number of rotatable bonds is 9. The number of thiazole rings is 1. The molecule has 0 amide bonds. The summed E-state index contributed by atoms with van der Waals surface area (Å²) in [5.74, 6) is 0.483. The Morgan fingerprint density at radius 2 is 1.84 bits per heavy atom. The number of hydrogen-bond donors (Lipinski definition) is 0. The van der Waals surface area contributed by atoms with E-state index in [9.17, 15) is 14.9 Å². The summed E-state index contributed by atoms with van der Waals surface area (Å²) < 4.78 is 19.1. The zero-order valence-electron chi connectivity index (χ0n) is 24.4. The van der Waals surface area contributed by atoms with E-state index in [2.05, 4.69) is 6.07 Å². The molecule has 0 saturated carbocycles. The van der Waals surface area contributed by atoms with Crippen molar-refractivity contribution in [3.63, 3.8) is 0 Å². The smallest absolute Gasteiger partial charge is 0.338 e. The average molecular weight is 634 g/mol. The number of carbonyl (C=O) groups is 1. The summed E-state index contributed by atoms with van der Waals surface area (Å²) in [6.07, 6.45) is 1.78. The lowest BCUT2D eigenvalue weighted by molar-refractivity contribution is -0.138. The highest BCUT2D eigenvalue weighted by Crippen LogP contribution is 2.37. The van der Waals surface area contributed by atoms with Crippen LogP contribution in [0.1, 0.15) is 40.1 Å². The van der Waals surface area contributed by atoms with Crippen LogP contribution in [0.3, 0.4) is 0 Å². The number of fused-ring (bicyclic) bond motifs is 1. The number of hydrogen-bond acceptors (Lipinski definition) is 9. The summed E-state index contributed by atoms with van der Waals surface area (Å²) in [4.78, 5) is 33.7. The van der Waals surface area contributed by atoms with Gasteiger partial charge in [-0.3, -0.25) is 9.36 Å². The Kier molecular flexibility index (Phi) is 8.73. The lowest BCUT2D eigenvalue weighted by Gasteiger charge is -2.24. The number of benzene rings is 3. The van der Waals surface area contributed by atoms with Crippen molar-refractivity contribution < 1.29 is 19.0 Å². The summed E-state index contributed by atoms with van der Waals surface area (Å²) in [6.45, 7) is 2.15. The van der Waals surface area contributed by atoms with Crippen molar-refractivity contribution in [2.24, 2.45) is 4.99 Å². The standard InChI is InChI=1S/C35H27N3O5S2/c1-3-42-34(40)30-31(23-10-5-4-6-11-23)37-35-38(32(30)28-14-9-17-44-28)33(39)29(45-35)19-22-15-16-26(27(18-22)41-2)43-21-25-13-8-7-12-24(25)20-36/h4-19,32H,3,21H2,1-2H3/b29-19-. The van der Waals surface area contributed by atoms with Crippen molar-refractivity contribution in [3.05, 3.63) is 143 Å². The van der Waals surface area contributed by atoms with E-state index in [1.165, 1.54) is 22.7 Å². The van der Waals surface area contributed by atoms with Gasteiger partial charge in [0.1, 0.15) is 12.6 Å². The molecule has 224 valence electrons. The highest BCUT2D eigenvalue weighted by atomic mass is 32.1. The molecule has 5 aromatic rings. The first-order chi connectivity index (χ1) is 22.0. The number of nitriles is 1. The Morgan fingerprint density at radius 3 is 2.58 bits per heavy atom. The molecule has 0 N–H and O–H groups in total. The van der Waals surface area contributed by atoms with E-state index in [1.54, 1.807) is 42.9 Å². The molecule has 1 unspecified atom stereocenters. The summed E-state index contributed by atoms with van der Waals surface area (Å²) in [7, 11) is 1.55. The molecule has 1 aliphatic heterocycles. The van der Waals surface area contributed by atoms with E-state index in [1.807, 2.05) is 72.1 Å². The summed E-state index contributed by atoms with van der Waals surface area (Å²) in [6, 6.07) is 27.4. The fourth-order valence-corrected chi connectivity index (χ4v) is 6.94. The number of esters is 1. The molecule has 0 bridgehead atoms. The van der Waals surface area contributed by atoms with Crippen molar-refractivity contribution in [2.75, 3.05) is 13.7 Å². The van der Waals surface area contributed by atoms with Crippen molar-refractivity contribution >= 4 is 40.4 Å². The second kappa shape index (κ2) is 13.2. The number of carbonyl (C=O) groups excluding carboxylic acids is 1. The topological polar surface area (TPSA) is 103 Å². The Morgan fingerprint density at radius 1 is 1.04 bits per heavy atom. The Labute approximate surface area is 267 Å². The molecule has 0 radical (unpaired) electrons. The number of ether oxygens (including phenoxy) is 3. The predicted octanol–water partition coefficient (Wildman–Crippen LogP) is 5.46. The van der Waals surface area contributed by atoms with Gasteiger partial charge in [0.05, 0.1) is 41.2 Å². The van der Waals surface area contributed by atoms with Crippen LogP contribution in [0.4, 0.5) is 0 Å². The Bertz CT molecular complexity index is 2120. The van der Waals surface area contributed by atoms with Crippen LogP contribution in [0.2, 0.25) is 0 Å². The highest BCUT2D eigenvalue weighted by Gasteiger charge is 2.35. The van der Waals surface area contributed by atoms with Gasteiger partial charge in [0, 0.05) is 16.0 Å². The number of aromatic nitrogens is 1. The second-order valence-electron chi connectivity index (χ2n) is 9.91. The largest absolute Gasteiger partial charge is 0.493 e. The maximum atomic E-state index is 14.1. The molecule has 1 aliphatic rings. The summed E-state index contributed by atoms with van der Waals surface area (Å²) in [5.41, 5.74) is 3.35. The molecular formula is C35H27N3O5S2. The van der Waals surface area contributed by atoms with Crippen molar-refractivity contribution in [2.45, 2.75) is 19.6 Å². The van der Waals surface area contributed by atoms with Gasteiger partial charge in [-0.2, -0.15) is 5.26 Å². The molecule has 1 atom stereocenters. The highest BCUT2D eigenvalue weighted by molar-refractivity contribution is 7.10. The van der Waals surface area contributed by atoms with Gasteiger partial charge in [-0.05, 0) is 48.2 Å². The fourth-order valence-electron chi connectivity index (χ4n) is 5.11. The van der Waals surface area contributed by atoms with Crippen LogP contribution < -0.4 is 24.4 Å². The molecule has 0 spiro atoms. The zero-order chi connectivity index (χ0) is 31.3. The van der Waals surface area contributed by atoms with Crippen LogP contribution in [-0.2, 0) is 16.1 Å².